The first kappa shape index (κ1) is 34.7. The number of hydrogen-bond donors (Lipinski definition) is 1. The largest absolute Gasteiger partial charge is 0.417 e. The van der Waals surface area contributed by atoms with Gasteiger partial charge in [0.2, 0.25) is 0 Å². The van der Waals surface area contributed by atoms with Crippen molar-refractivity contribution in [3.8, 4) is 0 Å². The molecule has 0 spiro atoms. The first-order chi connectivity index (χ1) is 23.0. The fraction of sp³-hybridized carbons (Fsp3) is 0.275. The molecular weight excluding hydrogens is 615 g/mol. The molecule has 1 N–H and O–H groups in total. The van der Waals surface area contributed by atoms with Gasteiger partial charge in [-0.05, 0) is 59.4 Å². The molecule has 48 heavy (non-hydrogen) atoms. The van der Waals surface area contributed by atoms with Gasteiger partial charge in [0.15, 0.2) is 8.32 Å². The molecule has 0 aliphatic rings. The Morgan fingerprint density at radius 3 is 1.71 bits per heavy atom. The molecule has 248 valence electrons. The van der Waals surface area contributed by atoms with Crippen LogP contribution in [0.1, 0.15) is 60.3 Å². The average Bonchev–Trinajstić information content (AvgIpc) is 3.09. The van der Waals surface area contributed by atoms with Crippen molar-refractivity contribution in [1.82, 2.24) is 9.55 Å². The fourth-order valence-corrected chi connectivity index (χ4v) is 6.56. The Morgan fingerprint density at radius 1 is 0.771 bits per heavy atom. The molecule has 1 unspecified atom stereocenters. The van der Waals surface area contributed by atoms with Crippen LogP contribution in [0.5, 0.6) is 0 Å². The zero-order chi connectivity index (χ0) is 34.2. The van der Waals surface area contributed by atoms with E-state index in [0.717, 1.165) is 16.7 Å². The van der Waals surface area contributed by atoms with Crippen LogP contribution in [0.3, 0.4) is 0 Å². The van der Waals surface area contributed by atoms with Gasteiger partial charge in [-0.1, -0.05) is 130 Å². The Hall–Kier alpha value is -4.63. The van der Waals surface area contributed by atoms with E-state index in [2.05, 4.69) is 80.6 Å². The monoisotopic (exact) mass is 659 g/mol. The van der Waals surface area contributed by atoms with E-state index in [1.807, 2.05) is 60.7 Å². The number of carbonyl (C=O) groups excluding carboxylic acids is 1. The van der Waals surface area contributed by atoms with Crippen LogP contribution in [0, 0.1) is 0 Å². The molecule has 0 aliphatic carbocycles. The van der Waals surface area contributed by atoms with Gasteiger partial charge in [-0.3, -0.25) is 9.36 Å². The van der Waals surface area contributed by atoms with E-state index in [1.165, 1.54) is 0 Å². The van der Waals surface area contributed by atoms with Crippen molar-refractivity contribution < 1.29 is 14.0 Å². The second kappa shape index (κ2) is 15.1. The molecule has 5 aromatic rings. The van der Waals surface area contributed by atoms with Gasteiger partial charge in [0.1, 0.15) is 11.4 Å². The maximum absolute atomic E-state index is 13.7. The Kier molecular flexibility index (Phi) is 10.9. The molecule has 5 rings (SSSR count). The summed E-state index contributed by atoms with van der Waals surface area (Å²) < 4.78 is 15.3. The Bertz CT molecular complexity index is 1730. The number of hydrogen-bond acceptors (Lipinski definition) is 5. The van der Waals surface area contributed by atoms with E-state index in [4.69, 9.17) is 9.16 Å². The van der Waals surface area contributed by atoms with Crippen molar-refractivity contribution in [1.29, 1.82) is 0 Å². The second-order valence-electron chi connectivity index (χ2n) is 13.5. The standard InChI is InChI=1S/C40H45N3O4Si/c1-39(2,3)48(4,5)47-29-27-35(43-28-26-36(42-38(43)45)41-37(44)31-18-10-6-11-19-31)30-46-40(32-20-12-7-13-21-32,33-22-14-8-15-23-33)34-24-16-9-17-25-34/h6-26,28,35H,27,29-30H2,1-5H3,(H,41,42,44,45). The highest BCUT2D eigenvalue weighted by atomic mass is 28.4. The van der Waals surface area contributed by atoms with Crippen molar-refractivity contribution in [2.75, 3.05) is 18.5 Å². The summed E-state index contributed by atoms with van der Waals surface area (Å²) in [6, 6.07) is 40.6. The summed E-state index contributed by atoms with van der Waals surface area (Å²) in [7, 11) is -2.05. The topological polar surface area (TPSA) is 82.4 Å². The van der Waals surface area contributed by atoms with Gasteiger partial charge in [0.05, 0.1) is 12.6 Å². The SMILES string of the molecule is CC(C)(C)[Si](C)(C)OCCC(COC(c1ccccc1)(c1ccccc1)c1ccccc1)n1ccc(NC(=O)c2ccccc2)nc1=O. The highest BCUT2D eigenvalue weighted by Crippen LogP contribution is 2.41. The van der Waals surface area contributed by atoms with E-state index in [9.17, 15) is 9.59 Å². The summed E-state index contributed by atoms with van der Waals surface area (Å²) in [5.41, 5.74) is 1.97. The number of nitrogens with one attached hydrogen (secondary N) is 1. The van der Waals surface area contributed by atoms with Crippen LogP contribution >= 0.6 is 0 Å². The lowest BCUT2D eigenvalue weighted by atomic mass is 9.80. The quantitative estimate of drug-likeness (QED) is 0.101. The molecule has 0 bridgehead atoms. The lowest BCUT2D eigenvalue weighted by molar-refractivity contribution is -0.00992. The molecule has 0 saturated carbocycles. The van der Waals surface area contributed by atoms with Gasteiger partial charge in [-0.2, -0.15) is 4.98 Å². The number of ether oxygens (including phenoxy) is 1. The maximum atomic E-state index is 13.7. The third kappa shape index (κ3) is 7.90. The lowest BCUT2D eigenvalue weighted by Crippen LogP contribution is -2.42. The van der Waals surface area contributed by atoms with Crippen LogP contribution < -0.4 is 11.0 Å². The Morgan fingerprint density at radius 2 is 1.25 bits per heavy atom. The molecule has 1 amide bonds. The molecule has 1 aromatic heterocycles. The third-order valence-electron chi connectivity index (χ3n) is 9.25. The second-order valence-corrected chi connectivity index (χ2v) is 18.3. The van der Waals surface area contributed by atoms with E-state index in [0.29, 0.717) is 18.6 Å². The number of anilines is 1. The highest BCUT2D eigenvalue weighted by molar-refractivity contribution is 6.74. The van der Waals surface area contributed by atoms with Crippen LogP contribution in [0.25, 0.3) is 0 Å². The van der Waals surface area contributed by atoms with Gasteiger partial charge in [0.25, 0.3) is 5.91 Å². The minimum Gasteiger partial charge on any atom is -0.417 e. The van der Waals surface area contributed by atoms with Gasteiger partial charge in [0, 0.05) is 18.4 Å². The molecule has 0 aliphatic heterocycles. The molecule has 1 atom stereocenters. The van der Waals surface area contributed by atoms with Gasteiger partial charge >= 0.3 is 5.69 Å². The molecule has 0 fully saturated rings. The summed E-state index contributed by atoms with van der Waals surface area (Å²) >= 11 is 0. The molecule has 1 heterocycles. The predicted molar refractivity (Wildman–Crippen MR) is 195 cm³/mol. The average molecular weight is 660 g/mol. The van der Waals surface area contributed by atoms with Crippen molar-refractivity contribution >= 4 is 20.0 Å². The summed E-state index contributed by atoms with van der Waals surface area (Å²) in [4.78, 5) is 30.7. The van der Waals surface area contributed by atoms with Crippen LogP contribution in [0.15, 0.2) is 138 Å². The number of aromatic nitrogens is 2. The van der Waals surface area contributed by atoms with Crippen molar-refractivity contribution in [3.05, 3.63) is 166 Å². The zero-order valence-corrected chi connectivity index (χ0v) is 29.4. The van der Waals surface area contributed by atoms with Crippen molar-refractivity contribution in [2.24, 2.45) is 0 Å². The Balaban J connectivity index is 1.51. The number of rotatable bonds is 13. The van der Waals surface area contributed by atoms with Crippen molar-refractivity contribution in [2.45, 2.75) is 57.0 Å². The van der Waals surface area contributed by atoms with Crippen molar-refractivity contribution in [3.63, 3.8) is 0 Å². The minimum absolute atomic E-state index is 0.0408. The van der Waals surface area contributed by atoms with Gasteiger partial charge in [-0.15, -0.1) is 0 Å². The summed E-state index contributed by atoms with van der Waals surface area (Å²) in [5, 5.41) is 2.79. The molecule has 8 heteroatoms. The maximum Gasteiger partial charge on any atom is 0.349 e. The highest BCUT2D eigenvalue weighted by Gasteiger charge is 2.39. The number of nitrogens with zero attached hydrogens (tertiary/aromatic N) is 2. The number of amides is 1. The van der Waals surface area contributed by atoms with Gasteiger partial charge in [-0.25, -0.2) is 4.79 Å². The number of benzene rings is 4. The fourth-order valence-electron chi connectivity index (χ4n) is 5.50. The lowest BCUT2D eigenvalue weighted by Gasteiger charge is -2.38. The smallest absolute Gasteiger partial charge is 0.349 e. The van der Waals surface area contributed by atoms with E-state index >= 15 is 0 Å². The summed E-state index contributed by atoms with van der Waals surface area (Å²) in [6.07, 6.45) is 2.21. The first-order valence-electron chi connectivity index (χ1n) is 16.4. The van der Waals surface area contributed by atoms with Gasteiger partial charge < -0.3 is 14.5 Å². The molecule has 0 saturated heterocycles. The third-order valence-corrected chi connectivity index (χ3v) is 13.8. The first-order valence-corrected chi connectivity index (χ1v) is 19.3. The van der Waals surface area contributed by atoms with Crippen LogP contribution in [0.4, 0.5) is 5.82 Å². The predicted octanol–water partition coefficient (Wildman–Crippen LogP) is 8.46. The van der Waals surface area contributed by atoms with Crippen LogP contribution in [-0.4, -0.2) is 37.0 Å². The minimum atomic E-state index is -2.05. The van der Waals surface area contributed by atoms with Crippen LogP contribution in [0.2, 0.25) is 18.1 Å². The molecule has 7 nitrogen and oxygen atoms in total. The number of carbonyl (C=O) groups is 1. The summed E-state index contributed by atoms with van der Waals surface area (Å²) in [5.74, 6) is -0.143. The molecular formula is C40H45N3O4Si. The molecule has 0 radical (unpaired) electrons. The van der Waals surface area contributed by atoms with Crippen LogP contribution in [-0.2, 0) is 14.8 Å². The summed E-state index contributed by atoms with van der Waals surface area (Å²) in [6.45, 7) is 11.7. The zero-order valence-electron chi connectivity index (χ0n) is 28.4. The van der Waals surface area contributed by atoms with E-state index in [1.54, 1.807) is 41.1 Å². The Labute approximate surface area is 284 Å². The van der Waals surface area contributed by atoms with E-state index in [-0.39, 0.29) is 23.4 Å². The molecule has 4 aromatic carbocycles. The van der Waals surface area contributed by atoms with E-state index < -0.39 is 25.7 Å². The normalized spacial score (nSPS) is 12.8.